The van der Waals surface area contributed by atoms with Crippen molar-refractivity contribution in [3.05, 3.63) is 114 Å². The topological polar surface area (TPSA) is 113 Å². The van der Waals surface area contributed by atoms with Gasteiger partial charge in [0.1, 0.15) is 11.5 Å². The molecule has 36 heavy (non-hydrogen) atoms. The molecule has 2 aliphatic rings. The van der Waals surface area contributed by atoms with Crippen molar-refractivity contribution in [3.63, 3.8) is 0 Å². The number of carbonyl (C=O) groups is 2. The minimum absolute atomic E-state index is 0.0232. The van der Waals surface area contributed by atoms with Gasteiger partial charge in [-0.15, -0.1) is 0 Å². The molecule has 0 radical (unpaired) electrons. The first-order valence-electron chi connectivity index (χ1n) is 11.4. The number of benzene rings is 2. The summed E-state index contributed by atoms with van der Waals surface area (Å²) in [6, 6.07) is 17.6. The van der Waals surface area contributed by atoms with E-state index in [1.165, 1.54) is 13.2 Å². The quantitative estimate of drug-likeness (QED) is 0.250. The lowest BCUT2D eigenvalue weighted by Gasteiger charge is -2.28. The molecule has 2 aliphatic carbocycles. The maximum atomic E-state index is 12.2. The van der Waals surface area contributed by atoms with Gasteiger partial charge in [0.25, 0.3) is 0 Å². The molecule has 0 saturated carbocycles. The molecule has 0 heterocycles. The van der Waals surface area contributed by atoms with Crippen LogP contribution in [0.1, 0.15) is 29.3 Å². The first-order chi connectivity index (χ1) is 17.1. The fraction of sp³-hybridized carbons (Fsp3) is 0.241. The molecule has 7 heteroatoms. The Hall–Kier alpha value is -3.78. The van der Waals surface area contributed by atoms with E-state index in [0.717, 1.165) is 6.08 Å². The van der Waals surface area contributed by atoms with Crippen LogP contribution in [0.3, 0.4) is 0 Å². The predicted molar refractivity (Wildman–Crippen MR) is 136 cm³/mol. The van der Waals surface area contributed by atoms with Gasteiger partial charge < -0.3 is 24.8 Å². The maximum Gasteiger partial charge on any atom is 0.200 e. The summed E-state index contributed by atoms with van der Waals surface area (Å²) in [6.07, 6.45) is 7.80. The van der Waals surface area contributed by atoms with E-state index in [1.807, 2.05) is 31.2 Å². The molecule has 0 aromatic heterocycles. The summed E-state index contributed by atoms with van der Waals surface area (Å²) in [5, 5.41) is 29.9. The normalized spacial score (nSPS) is 23.8. The van der Waals surface area contributed by atoms with Crippen LogP contribution in [0.25, 0.3) is 5.76 Å². The summed E-state index contributed by atoms with van der Waals surface area (Å²) in [4.78, 5) is 24.2. The van der Waals surface area contributed by atoms with Crippen LogP contribution in [0.4, 0.5) is 0 Å². The second-order valence-corrected chi connectivity index (χ2v) is 8.68. The third-order valence-electron chi connectivity index (χ3n) is 6.03. The second-order valence-electron chi connectivity index (χ2n) is 8.68. The highest BCUT2D eigenvalue weighted by atomic mass is 16.5. The van der Waals surface area contributed by atoms with E-state index < -0.39 is 17.3 Å². The number of allylic oxidation sites excluding steroid dienone is 3. The van der Waals surface area contributed by atoms with Gasteiger partial charge in [-0.05, 0) is 19.1 Å². The Morgan fingerprint density at radius 2 is 1.53 bits per heavy atom. The van der Waals surface area contributed by atoms with E-state index in [-0.39, 0.29) is 23.7 Å². The molecule has 2 aromatic carbocycles. The molecule has 0 spiro atoms. The van der Waals surface area contributed by atoms with Crippen molar-refractivity contribution in [3.8, 4) is 0 Å². The molecule has 2 unspecified atom stereocenters. The van der Waals surface area contributed by atoms with Crippen molar-refractivity contribution >= 4 is 17.3 Å². The van der Waals surface area contributed by atoms with Crippen LogP contribution >= 0.6 is 0 Å². The van der Waals surface area contributed by atoms with E-state index in [1.54, 1.807) is 61.7 Å². The Labute approximate surface area is 210 Å². The van der Waals surface area contributed by atoms with Gasteiger partial charge in [-0.1, -0.05) is 72.8 Å². The van der Waals surface area contributed by atoms with Gasteiger partial charge in [-0.2, -0.15) is 0 Å². The standard InChI is InChI=1S/C15H16O3.C14H14O4/c1-15(18-2)9-8-12(13(16)10-15)14(17)11-6-4-3-5-7-11;1-18-11-7-8-12(14(16,17)9-11)13(15)10-5-3-2-4-6-10/h3-9,17H,10H2,1-2H3;2-9,12,16-17H,1H3. The van der Waals surface area contributed by atoms with Gasteiger partial charge in [0.15, 0.2) is 11.6 Å². The summed E-state index contributed by atoms with van der Waals surface area (Å²) in [6.45, 7) is 1.84. The first kappa shape index (κ1) is 26.8. The summed E-state index contributed by atoms with van der Waals surface area (Å²) in [5.41, 5.74) is 0.855. The molecule has 188 valence electrons. The highest BCUT2D eigenvalue weighted by Crippen LogP contribution is 2.30. The van der Waals surface area contributed by atoms with Crippen LogP contribution in [0, 0.1) is 5.92 Å². The van der Waals surface area contributed by atoms with Crippen molar-refractivity contribution in [2.24, 2.45) is 5.92 Å². The summed E-state index contributed by atoms with van der Waals surface area (Å²) in [5.74, 6) is -3.37. The van der Waals surface area contributed by atoms with Crippen LogP contribution in [-0.4, -0.2) is 52.5 Å². The molecular formula is C29H30O7. The van der Waals surface area contributed by atoms with Crippen LogP contribution in [-0.2, 0) is 14.3 Å². The number of Topliss-reactive ketones (excluding diaryl/α,β-unsaturated/α-hetero) is 2. The van der Waals surface area contributed by atoms with Gasteiger partial charge in [0.05, 0.1) is 24.2 Å². The van der Waals surface area contributed by atoms with Crippen LogP contribution in [0.2, 0.25) is 0 Å². The molecule has 0 fully saturated rings. The number of aliphatic hydroxyl groups is 3. The zero-order valence-electron chi connectivity index (χ0n) is 20.4. The molecule has 0 bridgehead atoms. The fourth-order valence-corrected chi connectivity index (χ4v) is 3.80. The number of hydrogen-bond acceptors (Lipinski definition) is 7. The molecule has 3 N–H and O–H groups in total. The average molecular weight is 491 g/mol. The van der Waals surface area contributed by atoms with Crippen LogP contribution < -0.4 is 0 Å². The Morgan fingerprint density at radius 3 is 2.03 bits per heavy atom. The van der Waals surface area contributed by atoms with Gasteiger partial charge in [0.2, 0.25) is 5.79 Å². The van der Waals surface area contributed by atoms with E-state index in [2.05, 4.69) is 0 Å². The predicted octanol–water partition coefficient (Wildman–Crippen LogP) is 4.16. The molecule has 4 rings (SSSR count). The number of rotatable bonds is 5. The molecule has 2 atom stereocenters. The number of hydrogen-bond donors (Lipinski definition) is 3. The number of methoxy groups -OCH3 is 2. The maximum absolute atomic E-state index is 12.2. The largest absolute Gasteiger partial charge is 0.507 e. The van der Waals surface area contributed by atoms with Gasteiger partial charge in [-0.3, -0.25) is 9.59 Å². The minimum Gasteiger partial charge on any atom is -0.507 e. The van der Waals surface area contributed by atoms with Gasteiger partial charge >= 0.3 is 0 Å². The minimum atomic E-state index is -2.23. The lowest BCUT2D eigenvalue weighted by Crippen LogP contribution is -2.41. The smallest absolute Gasteiger partial charge is 0.200 e. The van der Waals surface area contributed by atoms with E-state index in [9.17, 15) is 24.9 Å². The van der Waals surface area contributed by atoms with E-state index >= 15 is 0 Å². The van der Waals surface area contributed by atoms with Crippen molar-refractivity contribution in [2.75, 3.05) is 14.2 Å². The third-order valence-corrected chi connectivity index (χ3v) is 6.03. The lowest BCUT2D eigenvalue weighted by molar-refractivity contribution is -0.139. The fourth-order valence-electron chi connectivity index (χ4n) is 3.80. The SMILES string of the molecule is COC1(C)C=CC(=C(O)c2ccccc2)C(=O)C1.COC1=CC(O)(O)C(C(=O)c2ccccc2)C=C1. The zero-order chi connectivity index (χ0) is 26.3. The highest BCUT2D eigenvalue weighted by Gasteiger charge is 2.39. The summed E-state index contributed by atoms with van der Waals surface area (Å²) >= 11 is 0. The highest BCUT2D eigenvalue weighted by molar-refractivity contribution is 6.05. The molecular weight excluding hydrogens is 460 g/mol. The Kier molecular flexibility index (Phi) is 8.42. The molecule has 0 amide bonds. The number of ether oxygens (including phenoxy) is 2. The Bertz CT molecular complexity index is 1210. The number of ketones is 2. The van der Waals surface area contributed by atoms with Crippen LogP contribution in [0.15, 0.2) is 102 Å². The lowest BCUT2D eigenvalue weighted by atomic mass is 9.86. The van der Waals surface area contributed by atoms with Gasteiger partial charge in [0, 0.05) is 30.7 Å². The number of aliphatic hydroxyl groups excluding tert-OH is 1. The summed E-state index contributed by atoms with van der Waals surface area (Å²) < 4.78 is 10.2. The number of carbonyl (C=O) groups excluding carboxylic acids is 2. The Balaban J connectivity index is 0.000000201. The van der Waals surface area contributed by atoms with E-state index in [0.29, 0.717) is 22.5 Å². The van der Waals surface area contributed by atoms with Crippen molar-refractivity contribution < 1.29 is 34.4 Å². The van der Waals surface area contributed by atoms with Crippen molar-refractivity contribution in [1.82, 2.24) is 0 Å². The van der Waals surface area contributed by atoms with Crippen molar-refractivity contribution in [2.45, 2.75) is 24.7 Å². The average Bonchev–Trinajstić information content (AvgIpc) is 2.89. The molecule has 2 aromatic rings. The molecule has 7 nitrogen and oxygen atoms in total. The zero-order valence-corrected chi connectivity index (χ0v) is 20.4. The first-order valence-corrected chi connectivity index (χ1v) is 11.4. The van der Waals surface area contributed by atoms with E-state index in [4.69, 9.17) is 9.47 Å². The monoisotopic (exact) mass is 490 g/mol. The second kappa shape index (κ2) is 11.3. The summed E-state index contributed by atoms with van der Waals surface area (Å²) in [7, 11) is 3.00. The molecule has 0 saturated heterocycles. The van der Waals surface area contributed by atoms with Crippen LogP contribution in [0.5, 0.6) is 0 Å². The third kappa shape index (κ3) is 6.26. The molecule has 0 aliphatic heterocycles. The Morgan fingerprint density at radius 1 is 0.944 bits per heavy atom. The van der Waals surface area contributed by atoms with Gasteiger partial charge in [-0.25, -0.2) is 0 Å². The van der Waals surface area contributed by atoms with Crippen molar-refractivity contribution in [1.29, 1.82) is 0 Å².